The van der Waals surface area contributed by atoms with E-state index >= 15 is 0 Å². The Bertz CT molecular complexity index is 362. The molecule has 0 aromatic carbocycles. The van der Waals surface area contributed by atoms with Gasteiger partial charge in [-0.25, -0.2) is 0 Å². The molecule has 0 aromatic heterocycles. The van der Waals surface area contributed by atoms with Gasteiger partial charge in [-0.2, -0.15) is 0 Å². The van der Waals surface area contributed by atoms with Crippen molar-refractivity contribution in [2.75, 3.05) is 0 Å². The van der Waals surface area contributed by atoms with Gasteiger partial charge in [0.1, 0.15) is 0 Å². The molecule has 0 radical (unpaired) electrons. The summed E-state index contributed by atoms with van der Waals surface area (Å²) >= 11 is 0. The largest absolute Gasteiger partial charge is 0.369 e. The predicted molar refractivity (Wildman–Crippen MR) is 83.0 cm³/mol. The van der Waals surface area contributed by atoms with Gasteiger partial charge in [-0.15, -0.1) is 6.58 Å². The molecule has 4 nitrogen and oxygen atoms in total. The van der Waals surface area contributed by atoms with Gasteiger partial charge in [0.25, 0.3) is 0 Å². The Morgan fingerprint density at radius 3 is 2.00 bits per heavy atom. The fourth-order valence-corrected chi connectivity index (χ4v) is 2.40. The Hall–Kier alpha value is -1.32. The summed E-state index contributed by atoms with van der Waals surface area (Å²) < 4.78 is 0. The number of nitrogens with two attached hydrogens (primary N) is 1. The van der Waals surface area contributed by atoms with Gasteiger partial charge in [0.2, 0.25) is 11.8 Å². The molecule has 0 aliphatic heterocycles. The second kappa shape index (κ2) is 6.91. The molecule has 0 aliphatic rings. The molecule has 0 heterocycles. The highest BCUT2D eigenvalue weighted by Gasteiger charge is 2.41. The number of allylic oxidation sites excluding steroid dienone is 1. The van der Waals surface area contributed by atoms with Crippen LogP contribution in [0, 0.1) is 17.3 Å². The molecule has 4 heteroatoms. The monoisotopic (exact) mass is 282 g/mol. The standard InChI is InChI=1S/C16H30N2O2/c1-8-9-10-11(13(17)19)12(15(2,3)4)14(20)18-16(5,6)7/h8,11-12H,1,9-10H2,2-7H3,(H2,17,19)(H,18,20)/t11-,12?/m0/s1. The van der Waals surface area contributed by atoms with Crippen molar-refractivity contribution in [3.8, 4) is 0 Å². The van der Waals surface area contributed by atoms with Crippen molar-refractivity contribution in [3.63, 3.8) is 0 Å². The lowest BCUT2D eigenvalue weighted by molar-refractivity contribution is -0.138. The van der Waals surface area contributed by atoms with Crippen LogP contribution < -0.4 is 11.1 Å². The molecule has 0 spiro atoms. The summed E-state index contributed by atoms with van der Waals surface area (Å²) in [5, 5.41) is 2.97. The maximum Gasteiger partial charge on any atom is 0.224 e. The number of primary amides is 1. The maximum absolute atomic E-state index is 12.6. The summed E-state index contributed by atoms with van der Waals surface area (Å²) in [6.07, 6.45) is 2.97. The highest BCUT2D eigenvalue weighted by atomic mass is 16.2. The Labute approximate surface area is 123 Å². The van der Waals surface area contributed by atoms with Crippen molar-refractivity contribution in [1.82, 2.24) is 5.32 Å². The summed E-state index contributed by atoms with van der Waals surface area (Å²) in [7, 11) is 0. The zero-order chi connectivity index (χ0) is 16.1. The Morgan fingerprint density at radius 1 is 1.20 bits per heavy atom. The SMILES string of the molecule is C=CCC[C@H](C(N)=O)C(C(=O)NC(C)(C)C)C(C)(C)C. The lowest BCUT2D eigenvalue weighted by Crippen LogP contribution is -2.51. The van der Waals surface area contributed by atoms with E-state index in [2.05, 4.69) is 11.9 Å². The van der Waals surface area contributed by atoms with Crippen LogP contribution in [0.4, 0.5) is 0 Å². The minimum absolute atomic E-state index is 0.113. The minimum atomic E-state index is -0.477. The first-order valence-corrected chi connectivity index (χ1v) is 7.12. The molecule has 0 fully saturated rings. The highest BCUT2D eigenvalue weighted by molar-refractivity contribution is 5.87. The second-order valence-corrected chi connectivity index (χ2v) is 7.46. The fourth-order valence-electron chi connectivity index (χ4n) is 2.40. The van der Waals surface area contributed by atoms with Gasteiger partial charge in [-0.05, 0) is 39.0 Å². The summed E-state index contributed by atoms with van der Waals surface area (Å²) in [5.74, 6) is -1.46. The van der Waals surface area contributed by atoms with Gasteiger partial charge in [0.15, 0.2) is 0 Å². The van der Waals surface area contributed by atoms with Crippen LogP contribution in [0.25, 0.3) is 0 Å². The topological polar surface area (TPSA) is 72.2 Å². The van der Waals surface area contributed by atoms with E-state index in [4.69, 9.17) is 5.73 Å². The molecule has 3 N–H and O–H groups in total. The molecule has 0 saturated carbocycles. The van der Waals surface area contributed by atoms with Crippen LogP contribution in [0.3, 0.4) is 0 Å². The first-order chi connectivity index (χ1) is 8.90. The van der Waals surface area contributed by atoms with Crippen LogP contribution >= 0.6 is 0 Å². The first-order valence-electron chi connectivity index (χ1n) is 7.12. The van der Waals surface area contributed by atoms with E-state index in [-0.39, 0.29) is 16.9 Å². The van der Waals surface area contributed by atoms with Gasteiger partial charge in [0, 0.05) is 5.54 Å². The molecule has 20 heavy (non-hydrogen) atoms. The predicted octanol–water partition coefficient (Wildman–Crippen LogP) is 2.63. The number of nitrogens with one attached hydrogen (secondary N) is 1. The van der Waals surface area contributed by atoms with Crippen molar-refractivity contribution in [1.29, 1.82) is 0 Å². The van der Waals surface area contributed by atoms with Gasteiger partial charge in [-0.3, -0.25) is 9.59 Å². The average molecular weight is 282 g/mol. The lowest BCUT2D eigenvalue weighted by atomic mass is 9.70. The van der Waals surface area contributed by atoms with E-state index in [1.54, 1.807) is 6.08 Å². The molecule has 2 atom stereocenters. The number of carbonyl (C=O) groups excluding carboxylic acids is 2. The maximum atomic E-state index is 12.6. The van der Waals surface area contributed by atoms with Crippen molar-refractivity contribution in [3.05, 3.63) is 12.7 Å². The van der Waals surface area contributed by atoms with E-state index < -0.39 is 17.7 Å². The fraction of sp³-hybridized carbons (Fsp3) is 0.750. The number of hydrogen-bond donors (Lipinski definition) is 2. The van der Waals surface area contributed by atoms with E-state index in [1.807, 2.05) is 41.5 Å². The summed E-state index contributed by atoms with van der Waals surface area (Å²) in [4.78, 5) is 24.3. The van der Waals surface area contributed by atoms with Crippen molar-refractivity contribution >= 4 is 11.8 Å². The van der Waals surface area contributed by atoms with Crippen molar-refractivity contribution in [2.45, 2.75) is 59.9 Å². The summed E-state index contributed by atoms with van der Waals surface area (Å²) in [5.41, 5.74) is 4.85. The molecule has 0 aliphatic carbocycles. The lowest BCUT2D eigenvalue weighted by Gasteiger charge is -2.36. The molecule has 116 valence electrons. The van der Waals surface area contributed by atoms with E-state index in [0.717, 1.165) is 0 Å². The van der Waals surface area contributed by atoms with Gasteiger partial charge in [0.05, 0.1) is 11.8 Å². The summed E-state index contributed by atoms with van der Waals surface area (Å²) in [6, 6.07) is 0. The highest BCUT2D eigenvalue weighted by Crippen LogP contribution is 2.35. The molecule has 1 unspecified atom stereocenters. The Morgan fingerprint density at radius 2 is 1.70 bits per heavy atom. The molecule has 0 saturated heterocycles. The molecular weight excluding hydrogens is 252 g/mol. The smallest absolute Gasteiger partial charge is 0.224 e. The third-order valence-electron chi connectivity index (χ3n) is 3.16. The van der Waals surface area contributed by atoms with E-state index in [1.165, 1.54) is 0 Å². The average Bonchev–Trinajstić information content (AvgIpc) is 2.18. The molecule has 0 bridgehead atoms. The second-order valence-electron chi connectivity index (χ2n) is 7.46. The van der Waals surface area contributed by atoms with E-state index in [0.29, 0.717) is 12.8 Å². The third kappa shape index (κ3) is 6.22. The van der Waals surface area contributed by atoms with Crippen LogP contribution in [-0.4, -0.2) is 17.4 Å². The van der Waals surface area contributed by atoms with Gasteiger partial charge in [-0.1, -0.05) is 26.8 Å². The molecule has 0 aromatic rings. The molecule has 2 amide bonds. The third-order valence-corrected chi connectivity index (χ3v) is 3.16. The van der Waals surface area contributed by atoms with Crippen LogP contribution in [0.5, 0.6) is 0 Å². The number of rotatable bonds is 6. The van der Waals surface area contributed by atoms with Gasteiger partial charge >= 0.3 is 0 Å². The zero-order valence-corrected chi connectivity index (χ0v) is 13.7. The number of amides is 2. The van der Waals surface area contributed by atoms with Crippen molar-refractivity contribution < 1.29 is 9.59 Å². The van der Waals surface area contributed by atoms with E-state index in [9.17, 15) is 9.59 Å². The zero-order valence-electron chi connectivity index (χ0n) is 13.7. The van der Waals surface area contributed by atoms with Crippen LogP contribution in [-0.2, 0) is 9.59 Å². The first kappa shape index (κ1) is 18.7. The normalized spacial score (nSPS) is 15.3. The van der Waals surface area contributed by atoms with Crippen LogP contribution in [0.2, 0.25) is 0 Å². The number of carbonyl (C=O) groups is 2. The molecular formula is C16H30N2O2. The molecule has 0 rings (SSSR count). The van der Waals surface area contributed by atoms with Crippen LogP contribution in [0.15, 0.2) is 12.7 Å². The minimum Gasteiger partial charge on any atom is -0.369 e. The van der Waals surface area contributed by atoms with Gasteiger partial charge < -0.3 is 11.1 Å². The van der Waals surface area contributed by atoms with Crippen molar-refractivity contribution in [2.24, 2.45) is 23.0 Å². The summed E-state index contributed by atoms with van der Waals surface area (Å²) in [6.45, 7) is 15.3. The Kier molecular flexibility index (Phi) is 6.45. The van der Waals surface area contributed by atoms with Crippen LogP contribution in [0.1, 0.15) is 54.4 Å². The number of hydrogen-bond acceptors (Lipinski definition) is 2. The quantitative estimate of drug-likeness (QED) is 0.735. The Balaban J connectivity index is 5.36.